The number of carboxylic acids is 1. The van der Waals surface area contributed by atoms with Gasteiger partial charge in [0.15, 0.2) is 6.10 Å². The molecule has 0 N–H and O–H groups in total. The molecule has 0 aromatic heterocycles. The highest BCUT2D eigenvalue weighted by molar-refractivity contribution is 5.70. The first kappa shape index (κ1) is 59.1. The summed E-state index contributed by atoms with van der Waals surface area (Å²) in [6.07, 6.45) is 49.6. The molecule has 8 heteroatoms. The lowest BCUT2D eigenvalue weighted by Crippen LogP contribution is -2.55. The SMILES string of the molecule is CCCCCCCCC/C=C/CCCCCCCC(=O)OCC(COCCC(C(=O)[O-])[N+](C)(C)C)OC(=O)CCCCCCCCCCCCCCCCCCCCCCC. The highest BCUT2D eigenvalue weighted by atomic mass is 16.6. The van der Waals surface area contributed by atoms with Gasteiger partial charge in [-0.25, -0.2) is 0 Å². The van der Waals surface area contributed by atoms with Gasteiger partial charge < -0.3 is 28.6 Å². The van der Waals surface area contributed by atoms with E-state index in [0.717, 1.165) is 44.9 Å². The predicted octanol–water partition coefficient (Wildman–Crippen LogP) is 13.7. The molecular weight excluding hydrogens is 763 g/mol. The van der Waals surface area contributed by atoms with Crippen molar-refractivity contribution in [1.29, 1.82) is 0 Å². The number of rotatable bonds is 48. The van der Waals surface area contributed by atoms with Crippen LogP contribution in [0.5, 0.6) is 0 Å². The molecule has 0 amide bonds. The van der Waals surface area contributed by atoms with Gasteiger partial charge in [-0.15, -0.1) is 0 Å². The summed E-state index contributed by atoms with van der Waals surface area (Å²) >= 11 is 0. The Labute approximate surface area is 378 Å². The molecule has 0 saturated carbocycles. The van der Waals surface area contributed by atoms with Crippen LogP contribution in [0, 0.1) is 0 Å². The quantitative estimate of drug-likeness (QED) is 0.0260. The Bertz CT molecular complexity index is 1010. The fourth-order valence-corrected chi connectivity index (χ4v) is 8.07. The summed E-state index contributed by atoms with van der Waals surface area (Å²) in [5, 5.41) is 11.7. The zero-order valence-corrected chi connectivity index (χ0v) is 41.1. The summed E-state index contributed by atoms with van der Waals surface area (Å²) in [6.45, 7) is 4.70. The molecule has 2 atom stereocenters. The van der Waals surface area contributed by atoms with Crippen LogP contribution in [0.1, 0.15) is 258 Å². The lowest BCUT2D eigenvalue weighted by Gasteiger charge is -2.34. The third-order valence-corrected chi connectivity index (χ3v) is 12.2. The number of carbonyl (C=O) groups is 3. The van der Waals surface area contributed by atoms with Gasteiger partial charge in [-0.2, -0.15) is 0 Å². The number of aliphatic carboxylic acids is 1. The second-order valence-corrected chi connectivity index (χ2v) is 19.1. The minimum absolute atomic E-state index is 0.0444. The van der Waals surface area contributed by atoms with Crippen molar-refractivity contribution in [3.05, 3.63) is 12.2 Å². The predicted molar refractivity (Wildman–Crippen MR) is 254 cm³/mol. The first-order valence-electron chi connectivity index (χ1n) is 26.2. The van der Waals surface area contributed by atoms with Crippen LogP contribution in [0.15, 0.2) is 12.2 Å². The lowest BCUT2D eigenvalue weighted by atomic mass is 10.0. The summed E-state index contributed by atoms with van der Waals surface area (Å²) in [5.74, 6) is -1.72. The van der Waals surface area contributed by atoms with Crippen molar-refractivity contribution in [3.63, 3.8) is 0 Å². The monoisotopic (exact) mass is 864 g/mol. The number of carboxylic acid groups (broad SMARTS) is 1. The van der Waals surface area contributed by atoms with E-state index in [1.807, 2.05) is 21.1 Å². The first-order chi connectivity index (χ1) is 29.6. The largest absolute Gasteiger partial charge is 0.544 e. The Balaban J connectivity index is 4.19. The third-order valence-electron chi connectivity index (χ3n) is 12.2. The molecule has 0 rings (SSSR count). The van der Waals surface area contributed by atoms with Crippen molar-refractivity contribution in [3.8, 4) is 0 Å². The molecule has 2 unspecified atom stereocenters. The van der Waals surface area contributed by atoms with Gasteiger partial charge in [0.1, 0.15) is 12.6 Å². The van der Waals surface area contributed by atoms with Crippen molar-refractivity contribution in [2.75, 3.05) is 41.0 Å². The number of unbranched alkanes of at least 4 members (excludes halogenated alkanes) is 32. The van der Waals surface area contributed by atoms with Gasteiger partial charge >= 0.3 is 11.9 Å². The van der Waals surface area contributed by atoms with Crippen molar-refractivity contribution >= 4 is 17.9 Å². The first-order valence-corrected chi connectivity index (χ1v) is 26.2. The van der Waals surface area contributed by atoms with Gasteiger partial charge in [0.25, 0.3) is 0 Å². The van der Waals surface area contributed by atoms with Gasteiger partial charge in [0.05, 0.1) is 40.3 Å². The van der Waals surface area contributed by atoms with Crippen LogP contribution >= 0.6 is 0 Å². The molecule has 61 heavy (non-hydrogen) atoms. The maximum Gasteiger partial charge on any atom is 0.306 e. The second kappa shape index (κ2) is 44.7. The Kier molecular flexibility index (Phi) is 43.3. The molecule has 0 radical (unpaired) electrons. The van der Waals surface area contributed by atoms with Crippen molar-refractivity contribution < 1.29 is 38.2 Å². The van der Waals surface area contributed by atoms with E-state index in [-0.39, 0.29) is 42.7 Å². The van der Waals surface area contributed by atoms with E-state index in [0.29, 0.717) is 12.8 Å². The lowest BCUT2D eigenvalue weighted by molar-refractivity contribution is -0.889. The van der Waals surface area contributed by atoms with Gasteiger partial charge in [0.2, 0.25) is 0 Å². The van der Waals surface area contributed by atoms with Gasteiger partial charge in [-0.05, 0) is 38.5 Å². The molecule has 0 saturated heterocycles. The van der Waals surface area contributed by atoms with Crippen LogP contribution in [-0.2, 0) is 28.6 Å². The van der Waals surface area contributed by atoms with Gasteiger partial charge in [-0.3, -0.25) is 9.59 Å². The summed E-state index contributed by atoms with van der Waals surface area (Å²) in [7, 11) is 5.42. The minimum atomic E-state index is -1.12. The average Bonchev–Trinajstić information content (AvgIpc) is 3.22. The van der Waals surface area contributed by atoms with Crippen LogP contribution in [-0.4, -0.2) is 75.5 Å². The number of hydrogen-bond donors (Lipinski definition) is 0. The standard InChI is InChI=1S/C53H101NO7/c1-6-8-10-12-14-16-18-20-22-24-25-26-27-28-30-32-34-36-38-40-42-44-52(56)61-49(47-59-46-45-50(53(57)58)54(3,4)5)48-60-51(55)43-41-39-37-35-33-31-29-23-21-19-17-15-13-11-9-7-2/h23,29,49-50H,6-22,24-28,30-48H2,1-5H3/b29-23+. The summed E-state index contributed by atoms with van der Waals surface area (Å²) < 4.78 is 17.3. The average molecular weight is 864 g/mol. The second-order valence-electron chi connectivity index (χ2n) is 19.1. The van der Waals surface area contributed by atoms with E-state index in [2.05, 4.69) is 26.0 Å². The molecular formula is C53H101NO7. The molecule has 360 valence electrons. The van der Waals surface area contributed by atoms with E-state index in [1.165, 1.54) is 180 Å². The third kappa shape index (κ3) is 43.1. The number of nitrogens with zero attached hydrogens (tertiary/aromatic N) is 1. The topological polar surface area (TPSA) is 102 Å². The summed E-state index contributed by atoms with van der Waals surface area (Å²) in [6, 6.07) is -0.723. The molecule has 0 heterocycles. The zero-order valence-electron chi connectivity index (χ0n) is 41.1. The number of esters is 2. The smallest absolute Gasteiger partial charge is 0.306 e. The van der Waals surface area contributed by atoms with Crippen LogP contribution in [0.4, 0.5) is 0 Å². The van der Waals surface area contributed by atoms with E-state index in [4.69, 9.17) is 14.2 Å². The number of quaternary nitrogens is 1. The molecule has 0 bridgehead atoms. The van der Waals surface area contributed by atoms with Crippen LogP contribution in [0.2, 0.25) is 0 Å². The Hall–Kier alpha value is -1.93. The summed E-state index contributed by atoms with van der Waals surface area (Å²) in [5.41, 5.74) is 0. The molecule has 0 spiro atoms. The molecule has 0 aliphatic heterocycles. The number of likely N-dealkylation sites (N-methyl/N-ethyl adjacent to an activating group) is 1. The minimum Gasteiger partial charge on any atom is -0.544 e. The fraction of sp³-hybridized carbons (Fsp3) is 0.906. The highest BCUT2D eigenvalue weighted by Crippen LogP contribution is 2.17. The molecule has 0 aliphatic rings. The number of carbonyl (C=O) groups excluding carboxylic acids is 3. The molecule has 0 aromatic carbocycles. The van der Waals surface area contributed by atoms with Gasteiger partial charge in [-0.1, -0.05) is 212 Å². The van der Waals surface area contributed by atoms with E-state index >= 15 is 0 Å². The van der Waals surface area contributed by atoms with Crippen molar-refractivity contribution in [2.24, 2.45) is 0 Å². The Morgan fingerprint density at radius 3 is 1.18 bits per heavy atom. The van der Waals surface area contributed by atoms with Crippen LogP contribution in [0.25, 0.3) is 0 Å². The number of allylic oxidation sites excluding steroid dienone is 2. The zero-order chi connectivity index (χ0) is 44.9. The molecule has 0 aliphatic carbocycles. The summed E-state index contributed by atoms with van der Waals surface area (Å²) in [4.78, 5) is 37.0. The van der Waals surface area contributed by atoms with E-state index < -0.39 is 18.1 Å². The molecule has 0 aromatic rings. The Morgan fingerprint density at radius 1 is 0.475 bits per heavy atom. The van der Waals surface area contributed by atoms with Crippen LogP contribution in [0.3, 0.4) is 0 Å². The van der Waals surface area contributed by atoms with E-state index in [9.17, 15) is 19.5 Å². The fourth-order valence-electron chi connectivity index (χ4n) is 8.07. The highest BCUT2D eigenvalue weighted by Gasteiger charge is 2.25. The van der Waals surface area contributed by atoms with Crippen LogP contribution < -0.4 is 5.11 Å². The van der Waals surface area contributed by atoms with E-state index in [1.54, 1.807) is 0 Å². The van der Waals surface area contributed by atoms with Crippen molar-refractivity contribution in [1.82, 2.24) is 0 Å². The molecule has 0 fully saturated rings. The number of ether oxygens (including phenoxy) is 3. The Morgan fingerprint density at radius 2 is 0.820 bits per heavy atom. The molecule has 8 nitrogen and oxygen atoms in total. The maximum absolute atomic E-state index is 12.8. The normalized spacial score (nSPS) is 12.9. The maximum atomic E-state index is 12.8. The van der Waals surface area contributed by atoms with Crippen molar-refractivity contribution in [2.45, 2.75) is 270 Å². The van der Waals surface area contributed by atoms with Gasteiger partial charge in [0, 0.05) is 19.3 Å². The number of hydrogen-bond acceptors (Lipinski definition) is 7.